The van der Waals surface area contributed by atoms with Crippen molar-refractivity contribution in [3.8, 4) is 5.69 Å². The summed E-state index contributed by atoms with van der Waals surface area (Å²) >= 11 is 0. The molecule has 2 fully saturated rings. The molecule has 0 unspecified atom stereocenters. The van der Waals surface area contributed by atoms with Crippen LogP contribution in [0.15, 0.2) is 36.7 Å². The van der Waals surface area contributed by atoms with E-state index in [2.05, 4.69) is 32.1 Å². The van der Waals surface area contributed by atoms with Crippen molar-refractivity contribution in [2.45, 2.75) is 51.1 Å². The molecule has 1 aromatic carbocycles. The third-order valence-corrected chi connectivity index (χ3v) is 5.81. The van der Waals surface area contributed by atoms with E-state index in [0.29, 0.717) is 12.1 Å². The Morgan fingerprint density at radius 2 is 1.88 bits per heavy atom. The van der Waals surface area contributed by atoms with Crippen molar-refractivity contribution < 1.29 is 0 Å². The largest absolute Gasteiger partial charge is 0.349 e. The van der Waals surface area contributed by atoms with Crippen LogP contribution in [0.2, 0.25) is 0 Å². The highest BCUT2D eigenvalue weighted by molar-refractivity contribution is 5.84. The minimum atomic E-state index is 0.494. The van der Waals surface area contributed by atoms with E-state index >= 15 is 0 Å². The number of anilines is 1. The van der Waals surface area contributed by atoms with Gasteiger partial charge in [-0.25, -0.2) is 9.97 Å². The van der Waals surface area contributed by atoms with E-state index in [1.54, 1.807) is 11.0 Å². The van der Waals surface area contributed by atoms with Crippen molar-refractivity contribution in [2.75, 3.05) is 4.90 Å². The zero-order valence-electron chi connectivity index (χ0n) is 14.4. The zero-order chi connectivity index (χ0) is 16.8. The minimum absolute atomic E-state index is 0.494. The van der Waals surface area contributed by atoms with Gasteiger partial charge in [-0.15, -0.1) is 5.10 Å². The van der Waals surface area contributed by atoms with Gasteiger partial charge in [-0.05, 0) is 44.2 Å². The summed E-state index contributed by atoms with van der Waals surface area (Å²) in [4.78, 5) is 11.6. The maximum atomic E-state index is 4.64. The number of para-hydroxylation sites is 1. The average molecular weight is 334 g/mol. The van der Waals surface area contributed by atoms with Gasteiger partial charge in [0.1, 0.15) is 6.33 Å². The van der Waals surface area contributed by atoms with Gasteiger partial charge >= 0.3 is 0 Å². The molecule has 25 heavy (non-hydrogen) atoms. The maximum absolute atomic E-state index is 4.64. The van der Waals surface area contributed by atoms with Crippen LogP contribution in [-0.4, -0.2) is 37.0 Å². The number of rotatable bonds is 2. The molecule has 3 aromatic rings. The van der Waals surface area contributed by atoms with E-state index in [-0.39, 0.29) is 0 Å². The molecule has 0 amide bonds. The van der Waals surface area contributed by atoms with Crippen molar-refractivity contribution in [3.05, 3.63) is 36.7 Å². The highest BCUT2D eigenvalue weighted by Crippen LogP contribution is 2.42. The first kappa shape index (κ1) is 14.8. The molecule has 6 heteroatoms. The molecule has 6 nitrogen and oxygen atoms in total. The molecule has 2 aliphatic rings. The Hall–Kier alpha value is -2.50. The van der Waals surface area contributed by atoms with Crippen LogP contribution in [0.5, 0.6) is 0 Å². The van der Waals surface area contributed by atoms with E-state index < -0.39 is 0 Å². The van der Waals surface area contributed by atoms with Crippen molar-refractivity contribution >= 4 is 17.0 Å². The van der Waals surface area contributed by atoms with Crippen LogP contribution < -0.4 is 4.90 Å². The predicted octanol–water partition coefficient (Wildman–Crippen LogP) is 3.37. The van der Waals surface area contributed by atoms with Gasteiger partial charge in [0, 0.05) is 12.1 Å². The molecular weight excluding hydrogens is 312 g/mol. The fraction of sp³-hybridized carbons (Fsp3) is 0.474. The number of nitrogens with zero attached hydrogens (tertiary/aromatic N) is 6. The summed E-state index contributed by atoms with van der Waals surface area (Å²) in [5.74, 6) is 1.74. The normalized spacial score (nSPS) is 26.1. The molecule has 1 saturated heterocycles. The zero-order valence-corrected chi connectivity index (χ0v) is 14.4. The Bertz CT molecular complexity index is 889. The van der Waals surface area contributed by atoms with Gasteiger partial charge in [0.2, 0.25) is 0 Å². The van der Waals surface area contributed by atoms with Crippen molar-refractivity contribution in [2.24, 2.45) is 5.92 Å². The van der Waals surface area contributed by atoms with Crippen molar-refractivity contribution in [1.82, 2.24) is 25.0 Å². The average Bonchev–Trinajstić information content (AvgIpc) is 3.22. The van der Waals surface area contributed by atoms with Gasteiger partial charge in [0.25, 0.3) is 0 Å². The van der Waals surface area contributed by atoms with E-state index in [1.165, 1.54) is 32.1 Å². The molecule has 3 heterocycles. The van der Waals surface area contributed by atoms with Crippen molar-refractivity contribution in [1.29, 1.82) is 0 Å². The molecule has 0 spiro atoms. The van der Waals surface area contributed by atoms with Gasteiger partial charge in [-0.1, -0.05) is 36.3 Å². The standard InChI is InChI=1S/C19H22N6/c1-13-11-14-7-5-6-10-16(14)24(13)18-17-19(21-12-20-18)25(23-22-17)15-8-3-2-4-9-15/h2-4,8-9,12-14,16H,5-7,10-11H2,1H3/t13-,14-,16+/m1/s1. The monoisotopic (exact) mass is 334 g/mol. The maximum Gasteiger partial charge on any atom is 0.189 e. The Balaban J connectivity index is 1.62. The first-order valence-corrected chi connectivity index (χ1v) is 9.23. The SMILES string of the molecule is C[C@@H]1C[C@H]2CCCC[C@@H]2N1c1ncnc2c1nnn2-c1ccccc1. The Morgan fingerprint density at radius 3 is 2.76 bits per heavy atom. The quantitative estimate of drug-likeness (QED) is 0.719. The lowest BCUT2D eigenvalue weighted by Gasteiger charge is -2.33. The topological polar surface area (TPSA) is 59.7 Å². The molecule has 0 bridgehead atoms. The van der Waals surface area contributed by atoms with E-state index in [0.717, 1.165) is 28.6 Å². The first-order valence-electron chi connectivity index (χ1n) is 9.23. The van der Waals surface area contributed by atoms with Crippen LogP contribution in [0.25, 0.3) is 16.9 Å². The summed E-state index contributed by atoms with van der Waals surface area (Å²) in [6.45, 7) is 2.31. The van der Waals surface area contributed by atoms with E-state index in [9.17, 15) is 0 Å². The Kier molecular flexibility index (Phi) is 3.43. The summed E-state index contributed by atoms with van der Waals surface area (Å²) in [6.07, 6.45) is 8.19. The predicted molar refractivity (Wildman–Crippen MR) is 96.8 cm³/mol. The summed E-state index contributed by atoms with van der Waals surface area (Å²) in [5.41, 5.74) is 2.56. The number of aromatic nitrogens is 5. The summed E-state index contributed by atoms with van der Waals surface area (Å²) in [5, 5.41) is 8.82. The smallest absolute Gasteiger partial charge is 0.189 e. The summed E-state index contributed by atoms with van der Waals surface area (Å²) in [6, 6.07) is 11.1. The highest BCUT2D eigenvalue weighted by Gasteiger charge is 2.41. The van der Waals surface area contributed by atoms with E-state index in [4.69, 9.17) is 0 Å². The highest BCUT2D eigenvalue weighted by atomic mass is 15.5. The fourth-order valence-corrected chi connectivity index (χ4v) is 4.74. The molecule has 1 saturated carbocycles. The van der Waals surface area contributed by atoms with Gasteiger partial charge in [-0.3, -0.25) is 0 Å². The second-order valence-electron chi connectivity index (χ2n) is 7.31. The summed E-state index contributed by atoms with van der Waals surface area (Å²) < 4.78 is 1.81. The molecule has 5 rings (SSSR count). The second kappa shape index (κ2) is 5.79. The Labute approximate surface area is 146 Å². The van der Waals surface area contributed by atoms with Crippen LogP contribution in [0.1, 0.15) is 39.0 Å². The lowest BCUT2D eigenvalue weighted by Crippen LogP contribution is -2.38. The number of hydrogen-bond donors (Lipinski definition) is 0. The van der Waals surface area contributed by atoms with Crippen LogP contribution in [-0.2, 0) is 0 Å². The molecule has 2 aromatic heterocycles. The van der Waals surface area contributed by atoms with Crippen LogP contribution in [0, 0.1) is 5.92 Å². The third-order valence-electron chi connectivity index (χ3n) is 5.81. The molecule has 1 aliphatic carbocycles. The molecule has 128 valence electrons. The second-order valence-corrected chi connectivity index (χ2v) is 7.31. The van der Waals surface area contributed by atoms with Crippen LogP contribution in [0.3, 0.4) is 0 Å². The van der Waals surface area contributed by atoms with Gasteiger partial charge in [-0.2, -0.15) is 4.68 Å². The van der Waals surface area contributed by atoms with Gasteiger partial charge in [0.05, 0.1) is 5.69 Å². The van der Waals surface area contributed by atoms with Gasteiger partial charge in [0.15, 0.2) is 17.0 Å². The molecule has 0 N–H and O–H groups in total. The van der Waals surface area contributed by atoms with Gasteiger partial charge < -0.3 is 4.90 Å². The number of hydrogen-bond acceptors (Lipinski definition) is 5. The lowest BCUT2D eigenvalue weighted by molar-refractivity contribution is 0.341. The van der Waals surface area contributed by atoms with Crippen LogP contribution in [0.4, 0.5) is 5.82 Å². The fourth-order valence-electron chi connectivity index (χ4n) is 4.74. The van der Waals surface area contributed by atoms with Crippen molar-refractivity contribution in [3.63, 3.8) is 0 Å². The number of benzene rings is 1. The molecule has 0 radical (unpaired) electrons. The number of fused-ring (bicyclic) bond motifs is 2. The lowest BCUT2D eigenvalue weighted by atomic mass is 9.85. The van der Waals surface area contributed by atoms with Crippen LogP contribution >= 0.6 is 0 Å². The minimum Gasteiger partial charge on any atom is -0.349 e. The summed E-state index contributed by atoms with van der Waals surface area (Å²) in [7, 11) is 0. The molecular formula is C19H22N6. The van der Waals surface area contributed by atoms with E-state index in [1.807, 2.05) is 30.3 Å². The molecule has 3 atom stereocenters. The first-order chi connectivity index (χ1) is 12.3. The molecule has 1 aliphatic heterocycles. The Morgan fingerprint density at radius 1 is 1.04 bits per heavy atom. The third kappa shape index (κ3) is 2.31.